The van der Waals surface area contributed by atoms with Crippen molar-refractivity contribution in [3.63, 3.8) is 0 Å². The van der Waals surface area contributed by atoms with Gasteiger partial charge in [0.1, 0.15) is 12.4 Å². The fourth-order valence-corrected chi connectivity index (χ4v) is 3.10. The molecule has 0 unspecified atom stereocenters. The van der Waals surface area contributed by atoms with Crippen molar-refractivity contribution >= 4 is 29.2 Å². The Kier molecular flexibility index (Phi) is 7.91. The zero-order valence-electron chi connectivity index (χ0n) is 19.2. The highest BCUT2D eigenvalue weighted by atomic mass is 16.2. The second kappa shape index (κ2) is 10.2. The molecule has 7 heteroatoms. The number of anilines is 2. The summed E-state index contributed by atoms with van der Waals surface area (Å²) in [6.45, 7) is 11.3. The second-order valence-corrected chi connectivity index (χ2v) is 8.76. The monoisotopic (exact) mass is 424 g/mol. The van der Waals surface area contributed by atoms with Crippen molar-refractivity contribution in [1.82, 2.24) is 10.3 Å². The van der Waals surface area contributed by atoms with Gasteiger partial charge in [0.05, 0.1) is 0 Å². The topological polar surface area (TPSA) is 91.4 Å². The van der Waals surface area contributed by atoms with Gasteiger partial charge >= 0.3 is 0 Å². The van der Waals surface area contributed by atoms with E-state index in [1.165, 1.54) is 4.90 Å². The van der Waals surface area contributed by atoms with Gasteiger partial charge in [-0.3, -0.25) is 14.4 Å². The van der Waals surface area contributed by atoms with E-state index in [1.54, 1.807) is 12.3 Å². The van der Waals surface area contributed by atoms with Crippen LogP contribution < -0.4 is 15.5 Å². The molecule has 2 rings (SSSR count). The summed E-state index contributed by atoms with van der Waals surface area (Å²) in [6.07, 6.45) is 1.59. The molecule has 3 amide bonds. The summed E-state index contributed by atoms with van der Waals surface area (Å²) in [4.78, 5) is 43.5. The van der Waals surface area contributed by atoms with Gasteiger partial charge in [0.2, 0.25) is 17.7 Å². The summed E-state index contributed by atoms with van der Waals surface area (Å²) < 4.78 is 0. The van der Waals surface area contributed by atoms with Gasteiger partial charge in [0.25, 0.3) is 0 Å². The molecule has 0 aliphatic heterocycles. The largest absolute Gasteiger partial charge is 0.350 e. The molecule has 0 saturated heterocycles. The molecule has 1 heterocycles. The van der Waals surface area contributed by atoms with Crippen LogP contribution in [0.3, 0.4) is 0 Å². The third kappa shape index (κ3) is 7.51. The van der Waals surface area contributed by atoms with Crippen molar-refractivity contribution in [1.29, 1.82) is 0 Å². The Bertz CT molecular complexity index is 964. The molecule has 0 spiro atoms. The van der Waals surface area contributed by atoms with Gasteiger partial charge in [-0.25, -0.2) is 4.98 Å². The number of hydrogen-bond acceptors (Lipinski definition) is 4. The molecular weight excluding hydrogens is 392 g/mol. The number of aryl methyl sites for hydroxylation is 2. The molecule has 1 aromatic carbocycles. The molecule has 166 valence electrons. The predicted octanol–water partition coefficient (Wildman–Crippen LogP) is 3.67. The van der Waals surface area contributed by atoms with Crippen molar-refractivity contribution in [2.24, 2.45) is 0 Å². The van der Waals surface area contributed by atoms with E-state index in [4.69, 9.17) is 0 Å². The van der Waals surface area contributed by atoms with Crippen LogP contribution in [0, 0.1) is 20.8 Å². The maximum absolute atomic E-state index is 13.1. The van der Waals surface area contributed by atoms with Gasteiger partial charge in [0, 0.05) is 30.3 Å². The molecule has 2 aromatic rings. The predicted molar refractivity (Wildman–Crippen MR) is 123 cm³/mol. The number of nitrogens with one attached hydrogen (secondary N) is 2. The number of hydrogen-bond donors (Lipinski definition) is 2. The Morgan fingerprint density at radius 1 is 1.00 bits per heavy atom. The molecule has 0 radical (unpaired) electrons. The van der Waals surface area contributed by atoms with Gasteiger partial charge in [-0.1, -0.05) is 12.1 Å². The standard InChI is InChI=1S/C24H32N4O3/c1-16-12-13-25-20(14-16)26-21(29)10-11-23(31)28(15-22(30)27-24(4,5)6)19-9-7-8-17(2)18(19)3/h7-9,12-14H,10-11,15H2,1-6H3,(H,27,30)(H,25,26,29). The maximum Gasteiger partial charge on any atom is 0.240 e. The lowest BCUT2D eigenvalue weighted by Crippen LogP contribution is -2.47. The minimum atomic E-state index is -0.409. The molecule has 0 aliphatic rings. The number of rotatable bonds is 7. The minimum Gasteiger partial charge on any atom is -0.350 e. The Balaban J connectivity index is 2.13. The Morgan fingerprint density at radius 2 is 1.71 bits per heavy atom. The molecule has 0 saturated carbocycles. The molecule has 0 atom stereocenters. The maximum atomic E-state index is 13.1. The van der Waals surface area contributed by atoms with Gasteiger partial charge in [-0.05, 0) is 76.4 Å². The van der Waals surface area contributed by atoms with E-state index in [0.29, 0.717) is 11.5 Å². The first-order chi connectivity index (χ1) is 14.5. The summed E-state index contributed by atoms with van der Waals surface area (Å²) in [6, 6.07) is 9.24. The number of carbonyl (C=O) groups is 3. The van der Waals surface area contributed by atoms with Gasteiger partial charge in [0.15, 0.2) is 0 Å². The van der Waals surface area contributed by atoms with Gasteiger partial charge < -0.3 is 15.5 Å². The first kappa shape index (κ1) is 24.1. The zero-order valence-corrected chi connectivity index (χ0v) is 19.2. The molecule has 31 heavy (non-hydrogen) atoms. The molecular formula is C24H32N4O3. The van der Waals surface area contributed by atoms with Crippen molar-refractivity contribution in [3.8, 4) is 0 Å². The van der Waals surface area contributed by atoms with Crippen LogP contribution in [0.2, 0.25) is 0 Å². The highest BCUT2D eigenvalue weighted by molar-refractivity contribution is 6.01. The smallest absolute Gasteiger partial charge is 0.240 e. The van der Waals surface area contributed by atoms with E-state index in [2.05, 4.69) is 15.6 Å². The van der Waals surface area contributed by atoms with Gasteiger partial charge in [-0.2, -0.15) is 0 Å². The molecule has 0 aliphatic carbocycles. The zero-order chi connectivity index (χ0) is 23.2. The third-order valence-corrected chi connectivity index (χ3v) is 4.73. The molecule has 0 bridgehead atoms. The summed E-state index contributed by atoms with van der Waals surface area (Å²) >= 11 is 0. The van der Waals surface area contributed by atoms with E-state index in [-0.39, 0.29) is 37.1 Å². The number of benzene rings is 1. The minimum absolute atomic E-state index is 0.00327. The lowest BCUT2D eigenvalue weighted by atomic mass is 10.1. The summed E-state index contributed by atoms with van der Waals surface area (Å²) in [5, 5.41) is 5.60. The van der Waals surface area contributed by atoms with Crippen LogP contribution in [0.1, 0.15) is 50.3 Å². The molecule has 0 fully saturated rings. The van der Waals surface area contributed by atoms with E-state index in [1.807, 2.05) is 65.8 Å². The van der Waals surface area contributed by atoms with Gasteiger partial charge in [-0.15, -0.1) is 0 Å². The normalized spacial score (nSPS) is 11.0. The molecule has 7 nitrogen and oxygen atoms in total. The number of aromatic nitrogens is 1. The van der Waals surface area contributed by atoms with Crippen molar-refractivity contribution in [2.75, 3.05) is 16.8 Å². The summed E-state index contributed by atoms with van der Waals surface area (Å²) in [5.41, 5.74) is 3.19. The Hall–Kier alpha value is -3.22. The van der Waals surface area contributed by atoms with Crippen LogP contribution in [0.25, 0.3) is 0 Å². The van der Waals surface area contributed by atoms with Crippen LogP contribution in [-0.2, 0) is 14.4 Å². The first-order valence-corrected chi connectivity index (χ1v) is 10.4. The molecule has 2 N–H and O–H groups in total. The van der Waals surface area contributed by atoms with Crippen LogP contribution in [0.5, 0.6) is 0 Å². The van der Waals surface area contributed by atoms with E-state index < -0.39 is 5.54 Å². The number of nitrogens with zero attached hydrogens (tertiary/aromatic N) is 2. The highest BCUT2D eigenvalue weighted by Gasteiger charge is 2.24. The fourth-order valence-electron chi connectivity index (χ4n) is 3.10. The SMILES string of the molecule is Cc1ccnc(NC(=O)CCC(=O)N(CC(=O)NC(C)(C)C)c2cccc(C)c2C)c1. The van der Waals surface area contributed by atoms with Crippen molar-refractivity contribution in [3.05, 3.63) is 53.2 Å². The average Bonchev–Trinajstić information content (AvgIpc) is 2.65. The highest BCUT2D eigenvalue weighted by Crippen LogP contribution is 2.24. The second-order valence-electron chi connectivity index (χ2n) is 8.76. The van der Waals surface area contributed by atoms with Crippen molar-refractivity contribution in [2.45, 2.75) is 59.9 Å². The molecule has 1 aromatic heterocycles. The number of pyridine rings is 1. The van der Waals surface area contributed by atoms with Crippen molar-refractivity contribution < 1.29 is 14.4 Å². The lowest BCUT2D eigenvalue weighted by Gasteiger charge is -2.27. The van der Waals surface area contributed by atoms with E-state index >= 15 is 0 Å². The van der Waals surface area contributed by atoms with E-state index in [9.17, 15) is 14.4 Å². The van der Waals surface area contributed by atoms with Crippen LogP contribution in [0.4, 0.5) is 11.5 Å². The van der Waals surface area contributed by atoms with Crippen LogP contribution in [0.15, 0.2) is 36.5 Å². The van der Waals surface area contributed by atoms with Crippen LogP contribution >= 0.6 is 0 Å². The number of carbonyl (C=O) groups excluding carboxylic acids is 3. The number of amides is 3. The summed E-state index contributed by atoms with van der Waals surface area (Å²) in [5.74, 6) is -0.389. The fraction of sp³-hybridized carbons (Fsp3) is 0.417. The lowest BCUT2D eigenvalue weighted by molar-refractivity contribution is -0.125. The quantitative estimate of drug-likeness (QED) is 0.709. The summed E-state index contributed by atoms with van der Waals surface area (Å²) in [7, 11) is 0. The average molecular weight is 425 g/mol. The van der Waals surface area contributed by atoms with E-state index in [0.717, 1.165) is 16.7 Å². The Morgan fingerprint density at radius 3 is 2.35 bits per heavy atom. The third-order valence-electron chi connectivity index (χ3n) is 4.73. The first-order valence-electron chi connectivity index (χ1n) is 10.4. The Labute approximate surface area is 184 Å². The van der Waals surface area contributed by atoms with Crippen LogP contribution in [-0.4, -0.2) is 34.8 Å².